The summed E-state index contributed by atoms with van der Waals surface area (Å²) in [6, 6.07) is 3.66. The molecule has 1 aromatic rings. The molecule has 0 aromatic carbocycles. The van der Waals surface area contributed by atoms with Gasteiger partial charge in [-0.15, -0.1) is 0 Å². The summed E-state index contributed by atoms with van der Waals surface area (Å²) in [6.07, 6.45) is 1.72. The number of hydrogen-bond acceptors (Lipinski definition) is 4. The number of nitrogens with two attached hydrogens (primary N) is 1. The third kappa shape index (κ3) is 2.88. The zero-order valence-electron chi connectivity index (χ0n) is 8.73. The Morgan fingerprint density at radius 2 is 2.36 bits per heavy atom. The fraction of sp³-hybridized carbons (Fsp3) is 0.500. The summed E-state index contributed by atoms with van der Waals surface area (Å²) in [5.74, 6) is 0.907. The predicted octanol–water partition coefficient (Wildman–Crippen LogP) is 1.14. The van der Waals surface area contributed by atoms with Gasteiger partial charge in [-0.05, 0) is 13.0 Å². The van der Waals surface area contributed by atoms with Crippen molar-refractivity contribution in [1.82, 2.24) is 4.98 Å². The van der Waals surface area contributed by atoms with Gasteiger partial charge in [-0.1, -0.05) is 0 Å². The average Bonchev–Trinajstić information content (AvgIpc) is 2.19. The first-order valence-electron chi connectivity index (χ1n) is 4.73. The fourth-order valence-electron chi connectivity index (χ4n) is 1.24. The lowest BCUT2D eigenvalue weighted by atomic mass is 10.3. The van der Waals surface area contributed by atoms with Gasteiger partial charge in [-0.2, -0.15) is 0 Å². The summed E-state index contributed by atoms with van der Waals surface area (Å²) >= 11 is 0. The van der Waals surface area contributed by atoms with E-state index in [0.29, 0.717) is 6.61 Å². The van der Waals surface area contributed by atoms with Crippen molar-refractivity contribution in [2.24, 2.45) is 0 Å². The van der Waals surface area contributed by atoms with E-state index in [2.05, 4.69) is 16.8 Å². The first-order valence-corrected chi connectivity index (χ1v) is 4.73. The van der Waals surface area contributed by atoms with Gasteiger partial charge in [0.25, 0.3) is 0 Å². The van der Waals surface area contributed by atoms with Crippen LogP contribution in [0.4, 0.5) is 11.5 Å². The first-order chi connectivity index (χ1) is 6.77. The van der Waals surface area contributed by atoms with E-state index in [1.54, 1.807) is 19.4 Å². The molecule has 14 heavy (non-hydrogen) atoms. The van der Waals surface area contributed by atoms with E-state index in [4.69, 9.17) is 10.5 Å². The van der Waals surface area contributed by atoms with Crippen LogP contribution in [0, 0.1) is 0 Å². The SMILES string of the molecule is CCN(CCOC)c1cc(N)ccn1. The Kier molecular flexibility index (Phi) is 4.19. The lowest BCUT2D eigenvalue weighted by Gasteiger charge is -2.21. The third-order valence-corrected chi connectivity index (χ3v) is 2.04. The molecule has 0 aliphatic carbocycles. The molecule has 2 N–H and O–H groups in total. The first kappa shape index (κ1) is 10.8. The average molecular weight is 195 g/mol. The number of nitrogens with zero attached hydrogens (tertiary/aromatic N) is 2. The second kappa shape index (κ2) is 5.44. The van der Waals surface area contributed by atoms with Crippen molar-refractivity contribution in [2.75, 3.05) is 37.4 Å². The maximum Gasteiger partial charge on any atom is 0.130 e. The van der Waals surface area contributed by atoms with Gasteiger partial charge >= 0.3 is 0 Å². The van der Waals surface area contributed by atoms with E-state index in [0.717, 1.165) is 24.6 Å². The molecule has 0 bridgehead atoms. The van der Waals surface area contributed by atoms with Crippen LogP contribution in [-0.4, -0.2) is 31.8 Å². The Hall–Kier alpha value is -1.29. The maximum atomic E-state index is 5.68. The van der Waals surface area contributed by atoms with Crippen LogP contribution >= 0.6 is 0 Å². The highest BCUT2D eigenvalue weighted by atomic mass is 16.5. The smallest absolute Gasteiger partial charge is 0.130 e. The van der Waals surface area contributed by atoms with E-state index in [-0.39, 0.29) is 0 Å². The highest BCUT2D eigenvalue weighted by Crippen LogP contribution is 2.12. The molecule has 0 spiro atoms. The lowest BCUT2D eigenvalue weighted by Crippen LogP contribution is -2.27. The van der Waals surface area contributed by atoms with Crippen LogP contribution in [0.2, 0.25) is 0 Å². The molecule has 0 saturated heterocycles. The number of ether oxygens (including phenoxy) is 1. The molecule has 0 radical (unpaired) electrons. The van der Waals surface area contributed by atoms with Crippen molar-refractivity contribution in [3.05, 3.63) is 18.3 Å². The molecule has 0 fully saturated rings. The fourth-order valence-corrected chi connectivity index (χ4v) is 1.24. The van der Waals surface area contributed by atoms with Crippen LogP contribution in [0.5, 0.6) is 0 Å². The van der Waals surface area contributed by atoms with E-state index in [1.165, 1.54) is 0 Å². The zero-order chi connectivity index (χ0) is 10.4. The van der Waals surface area contributed by atoms with Crippen molar-refractivity contribution in [3.63, 3.8) is 0 Å². The molecule has 1 heterocycles. The molecule has 4 nitrogen and oxygen atoms in total. The van der Waals surface area contributed by atoms with Crippen molar-refractivity contribution < 1.29 is 4.74 Å². The molecular formula is C10H17N3O. The number of nitrogen functional groups attached to an aromatic ring is 1. The highest BCUT2D eigenvalue weighted by molar-refractivity contribution is 5.50. The number of likely N-dealkylation sites (N-methyl/N-ethyl adjacent to an activating group) is 1. The van der Waals surface area contributed by atoms with Gasteiger partial charge in [0.05, 0.1) is 6.61 Å². The van der Waals surface area contributed by atoms with Gasteiger partial charge in [0.1, 0.15) is 5.82 Å². The van der Waals surface area contributed by atoms with Crippen molar-refractivity contribution in [1.29, 1.82) is 0 Å². The van der Waals surface area contributed by atoms with E-state index >= 15 is 0 Å². The minimum atomic E-state index is 0.699. The molecule has 1 rings (SSSR count). The minimum absolute atomic E-state index is 0.699. The number of anilines is 2. The number of pyridine rings is 1. The van der Waals surface area contributed by atoms with Gasteiger partial charge < -0.3 is 15.4 Å². The Morgan fingerprint density at radius 1 is 1.57 bits per heavy atom. The van der Waals surface area contributed by atoms with Gasteiger partial charge in [0.2, 0.25) is 0 Å². The van der Waals surface area contributed by atoms with Crippen LogP contribution < -0.4 is 10.6 Å². The summed E-state index contributed by atoms with van der Waals surface area (Å²) in [5.41, 5.74) is 6.42. The Bertz CT molecular complexity index is 278. The van der Waals surface area contributed by atoms with Crippen molar-refractivity contribution >= 4 is 11.5 Å². The van der Waals surface area contributed by atoms with Crippen molar-refractivity contribution in [3.8, 4) is 0 Å². The molecule has 0 amide bonds. The Labute approximate surface area is 84.7 Å². The van der Waals surface area contributed by atoms with Gasteiger partial charge in [0.15, 0.2) is 0 Å². The number of hydrogen-bond donors (Lipinski definition) is 1. The Morgan fingerprint density at radius 3 is 2.93 bits per heavy atom. The summed E-state index contributed by atoms with van der Waals surface area (Å²) in [5, 5.41) is 0. The van der Waals surface area contributed by atoms with E-state index in [9.17, 15) is 0 Å². The summed E-state index contributed by atoms with van der Waals surface area (Å²) < 4.78 is 5.03. The lowest BCUT2D eigenvalue weighted by molar-refractivity contribution is 0.205. The number of methoxy groups -OCH3 is 1. The monoisotopic (exact) mass is 195 g/mol. The van der Waals surface area contributed by atoms with Gasteiger partial charge in [-0.3, -0.25) is 0 Å². The molecule has 4 heteroatoms. The molecule has 0 aliphatic heterocycles. The molecule has 0 atom stereocenters. The Balaban J connectivity index is 2.68. The standard InChI is InChI=1S/C10H17N3O/c1-3-13(6-7-14-2)10-8-9(11)4-5-12-10/h4-5,8H,3,6-7H2,1-2H3,(H2,11,12). The number of rotatable bonds is 5. The quantitative estimate of drug-likeness (QED) is 0.765. The molecule has 0 unspecified atom stereocenters. The third-order valence-electron chi connectivity index (χ3n) is 2.04. The maximum absolute atomic E-state index is 5.68. The summed E-state index contributed by atoms with van der Waals surface area (Å²) in [6.45, 7) is 4.52. The zero-order valence-corrected chi connectivity index (χ0v) is 8.73. The molecule has 1 aromatic heterocycles. The normalized spacial score (nSPS) is 10.1. The van der Waals surface area contributed by atoms with Crippen LogP contribution in [0.15, 0.2) is 18.3 Å². The topological polar surface area (TPSA) is 51.4 Å². The van der Waals surface area contributed by atoms with Gasteiger partial charge in [-0.25, -0.2) is 4.98 Å². The highest BCUT2D eigenvalue weighted by Gasteiger charge is 2.04. The molecule has 0 aliphatic rings. The van der Waals surface area contributed by atoms with Crippen LogP contribution in [0.1, 0.15) is 6.92 Å². The van der Waals surface area contributed by atoms with Crippen LogP contribution in [0.25, 0.3) is 0 Å². The largest absolute Gasteiger partial charge is 0.399 e. The van der Waals surface area contributed by atoms with Crippen LogP contribution in [0.3, 0.4) is 0 Å². The minimum Gasteiger partial charge on any atom is -0.399 e. The summed E-state index contributed by atoms with van der Waals surface area (Å²) in [4.78, 5) is 6.38. The molecular weight excluding hydrogens is 178 g/mol. The second-order valence-electron chi connectivity index (χ2n) is 3.02. The summed E-state index contributed by atoms with van der Waals surface area (Å²) in [7, 11) is 1.70. The number of aromatic nitrogens is 1. The molecule has 0 saturated carbocycles. The molecule has 78 valence electrons. The van der Waals surface area contributed by atoms with Crippen molar-refractivity contribution in [2.45, 2.75) is 6.92 Å². The predicted molar refractivity (Wildman–Crippen MR) is 58.4 cm³/mol. The van der Waals surface area contributed by atoms with E-state index < -0.39 is 0 Å². The van der Waals surface area contributed by atoms with E-state index in [1.807, 2.05) is 6.07 Å². The van der Waals surface area contributed by atoms with Gasteiger partial charge in [0, 0.05) is 38.1 Å². The second-order valence-corrected chi connectivity index (χ2v) is 3.02. The van der Waals surface area contributed by atoms with Crippen LogP contribution in [-0.2, 0) is 4.74 Å².